The third-order valence-corrected chi connectivity index (χ3v) is 6.04. The van der Waals surface area contributed by atoms with Crippen LogP contribution in [0.2, 0.25) is 0 Å². The van der Waals surface area contributed by atoms with Gasteiger partial charge in [-0.3, -0.25) is 14.4 Å². The molecule has 0 aromatic rings. The zero-order valence-electron chi connectivity index (χ0n) is 13.1. The highest BCUT2D eigenvalue weighted by Gasteiger charge is 2.52. The molecule has 0 bridgehead atoms. The molecule has 6 heteroatoms. The number of rotatable bonds is 5. The summed E-state index contributed by atoms with van der Waals surface area (Å²) < 4.78 is 0. The molecule has 2 heterocycles. The molecule has 1 spiro atoms. The average Bonchev–Trinajstić information content (AvgIpc) is 2.63. The molecule has 1 unspecified atom stereocenters. The summed E-state index contributed by atoms with van der Waals surface area (Å²) in [5.41, 5.74) is 0. The molecule has 0 saturated carbocycles. The minimum Gasteiger partial charge on any atom is -0.326 e. The predicted molar refractivity (Wildman–Crippen MR) is 89.9 cm³/mol. The third-order valence-electron chi connectivity index (χ3n) is 4.32. The Morgan fingerprint density at radius 3 is 2.32 bits per heavy atom. The Labute approximate surface area is 137 Å². The molecule has 22 heavy (non-hydrogen) atoms. The van der Waals surface area contributed by atoms with Gasteiger partial charge >= 0.3 is 0 Å². The second kappa shape index (κ2) is 7.59. The monoisotopic (exact) mass is 328 g/mol. The summed E-state index contributed by atoms with van der Waals surface area (Å²) in [6, 6.07) is 0. The van der Waals surface area contributed by atoms with E-state index in [-0.39, 0.29) is 35.0 Å². The number of thioether (sulfide) groups is 1. The lowest BCUT2D eigenvalue weighted by Gasteiger charge is -2.43. The van der Waals surface area contributed by atoms with Gasteiger partial charge in [-0.25, -0.2) is 0 Å². The van der Waals surface area contributed by atoms with Crippen LogP contribution < -0.4 is 0 Å². The molecule has 1 atom stereocenters. The van der Waals surface area contributed by atoms with E-state index in [9.17, 15) is 14.4 Å². The van der Waals surface area contributed by atoms with Gasteiger partial charge in [0.05, 0.1) is 10.1 Å². The van der Waals surface area contributed by atoms with Gasteiger partial charge in [0, 0.05) is 32.5 Å². The SMILES string of the molecule is C.CC(=O)CCN1C(=O)C(CC(C)=O)SC12CCN(C)CC2. The molecule has 2 rings (SSSR count). The Bertz CT molecular complexity index is 445. The van der Waals surface area contributed by atoms with E-state index in [4.69, 9.17) is 0 Å². The van der Waals surface area contributed by atoms with Crippen LogP contribution in [-0.2, 0) is 14.4 Å². The molecule has 0 radical (unpaired) electrons. The fourth-order valence-electron chi connectivity index (χ4n) is 3.08. The molecule has 126 valence electrons. The number of likely N-dealkylation sites (tertiary alicyclic amines) is 1. The number of ketones is 2. The Morgan fingerprint density at radius 1 is 1.23 bits per heavy atom. The van der Waals surface area contributed by atoms with Gasteiger partial charge in [0.15, 0.2) is 0 Å². The molecular weight excluding hydrogens is 300 g/mol. The van der Waals surface area contributed by atoms with Crippen LogP contribution in [0.4, 0.5) is 0 Å². The van der Waals surface area contributed by atoms with Gasteiger partial charge in [0.2, 0.25) is 5.91 Å². The van der Waals surface area contributed by atoms with Crippen LogP contribution in [0.25, 0.3) is 0 Å². The van der Waals surface area contributed by atoms with Crippen LogP contribution in [0.15, 0.2) is 0 Å². The molecule has 5 nitrogen and oxygen atoms in total. The first-order chi connectivity index (χ1) is 9.84. The van der Waals surface area contributed by atoms with Crippen molar-refractivity contribution >= 4 is 29.2 Å². The van der Waals surface area contributed by atoms with Crippen molar-refractivity contribution in [3.8, 4) is 0 Å². The van der Waals surface area contributed by atoms with Crippen LogP contribution >= 0.6 is 11.8 Å². The van der Waals surface area contributed by atoms with Crippen LogP contribution in [0.3, 0.4) is 0 Å². The van der Waals surface area contributed by atoms with Crippen molar-refractivity contribution in [3.63, 3.8) is 0 Å². The van der Waals surface area contributed by atoms with Crippen molar-refractivity contribution in [1.29, 1.82) is 0 Å². The second-order valence-electron chi connectivity index (χ2n) is 6.20. The quantitative estimate of drug-likeness (QED) is 0.772. The van der Waals surface area contributed by atoms with Gasteiger partial charge < -0.3 is 9.80 Å². The maximum absolute atomic E-state index is 12.6. The number of Topliss-reactive ketones (excluding diaryl/α,β-unsaturated/α-hetero) is 2. The lowest BCUT2D eigenvalue weighted by molar-refractivity contribution is -0.135. The van der Waals surface area contributed by atoms with Crippen molar-refractivity contribution in [2.24, 2.45) is 0 Å². The van der Waals surface area contributed by atoms with Gasteiger partial charge in [-0.15, -0.1) is 11.8 Å². The summed E-state index contributed by atoms with van der Waals surface area (Å²) in [4.78, 5) is 39.3. The molecule has 2 saturated heterocycles. The van der Waals surface area contributed by atoms with E-state index < -0.39 is 0 Å². The van der Waals surface area contributed by atoms with Crippen molar-refractivity contribution in [2.75, 3.05) is 26.7 Å². The highest BCUT2D eigenvalue weighted by Crippen LogP contribution is 2.48. The molecular formula is C16H28N2O3S. The van der Waals surface area contributed by atoms with Crippen molar-refractivity contribution < 1.29 is 14.4 Å². The van der Waals surface area contributed by atoms with E-state index in [1.807, 2.05) is 4.90 Å². The van der Waals surface area contributed by atoms with E-state index in [0.717, 1.165) is 25.9 Å². The largest absolute Gasteiger partial charge is 0.326 e. The summed E-state index contributed by atoms with van der Waals surface area (Å²) >= 11 is 1.65. The fraction of sp³-hybridized carbons (Fsp3) is 0.812. The number of carbonyl (C=O) groups excluding carboxylic acids is 3. The minimum atomic E-state index is -0.266. The lowest BCUT2D eigenvalue weighted by Crippen LogP contribution is -2.51. The van der Waals surface area contributed by atoms with Gasteiger partial charge in [-0.1, -0.05) is 7.43 Å². The van der Waals surface area contributed by atoms with E-state index in [1.54, 1.807) is 18.7 Å². The van der Waals surface area contributed by atoms with E-state index in [1.165, 1.54) is 6.92 Å². The van der Waals surface area contributed by atoms with E-state index >= 15 is 0 Å². The fourth-order valence-corrected chi connectivity index (χ4v) is 4.88. The summed E-state index contributed by atoms with van der Waals surface area (Å²) in [6.45, 7) is 5.47. The van der Waals surface area contributed by atoms with Crippen LogP contribution in [-0.4, -0.2) is 64.1 Å². The first-order valence-electron chi connectivity index (χ1n) is 7.51. The number of nitrogens with zero attached hydrogens (tertiary/aromatic N) is 2. The first-order valence-corrected chi connectivity index (χ1v) is 8.39. The molecule has 2 aliphatic rings. The van der Waals surface area contributed by atoms with E-state index in [0.29, 0.717) is 19.4 Å². The zero-order chi connectivity index (χ0) is 15.6. The normalized spacial score (nSPS) is 24.4. The molecule has 0 N–H and O–H groups in total. The molecule has 2 aliphatic heterocycles. The van der Waals surface area contributed by atoms with Gasteiger partial charge in [0.25, 0.3) is 0 Å². The van der Waals surface area contributed by atoms with Crippen molar-refractivity contribution in [2.45, 2.75) is 57.1 Å². The Morgan fingerprint density at radius 2 is 1.82 bits per heavy atom. The number of hydrogen-bond acceptors (Lipinski definition) is 5. The third kappa shape index (κ3) is 4.10. The molecule has 0 aromatic heterocycles. The van der Waals surface area contributed by atoms with Gasteiger partial charge in [0.1, 0.15) is 11.6 Å². The Hall–Kier alpha value is -0.880. The molecule has 1 amide bonds. The van der Waals surface area contributed by atoms with Crippen LogP contribution in [0.5, 0.6) is 0 Å². The summed E-state index contributed by atoms with van der Waals surface area (Å²) in [5.74, 6) is 0.198. The Balaban J connectivity index is 0.00000242. The van der Waals surface area contributed by atoms with Gasteiger partial charge in [-0.2, -0.15) is 0 Å². The highest BCUT2D eigenvalue weighted by molar-refractivity contribution is 8.02. The highest BCUT2D eigenvalue weighted by atomic mass is 32.2. The molecule has 0 aliphatic carbocycles. The smallest absolute Gasteiger partial charge is 0.237 e. The molecule has 0 aromatic carbocycles. The number of amides is 1. The van der Waals surface area contributed by atoms with Gasteiger partial charge in [-0.05, 0) is 33.7 Å². The lowest BCUT2D eigenvalue weighted by atomic mass is 10.0. The number of hydrogen-bond donors (Lipinski definition) is 0. The molecule has 2 fully saturated rings. The minimum absolute atomic E-state index is 0. The van der Waals surface area contributed by atoms with Crippen LogP contribution in [0, 0.1) is 0 Å². The van der Waals surface area contributed by atoms with Crippen molar-refractivity contribution in [1.82, 2.24) is 9.80 Å². The Kier molecular flexibility index (Phi) is 6.62. The van der Waals surface area contributed by atoms with Crippen molar-refractivity contribution in [3.05, 3.63) is 0 Å². The zero-order valence-corrected chi connectivity index (χ0v) is 13.9. The maximum Gasteiger partial charge on any atom is 0.237 e. The first kappa shape index (κ1) is 19.2. The van der Waals surface area contributed by atoms with E-state index in [2.05, 4.69) is 11.9 Å². The average molecular weight is 328 g/mol. The number of piperidine rings is 1. The number of carbonyl (C=O) groups is 3. The second-order valence-corrected chi connectivity index (χ2v) is 7.77. The van der Waals surface area contributed by atoms with Crippen LogP contribution in [0.1, 0.15) is 47.0 Å². The maximum atomic E-state index is 12.6. The topological polar surface area (TPSA) is 57.7 Å². The summed E-state index contributed by atoms with van der Waals surface area (Å²) in [6.07, 6.45) is 2.52. The summed E-state index contributed by atoms with van der Waals surface area (Å²) in [7, 11) is 2.08. The summed E-state index contributed by atoms with van der Waals surface area (Å²) in [5, 5.41) is -0.266. The predicted octanol–water partition coefficient (Wildman–Crippen LogP) is 1.95. The standard InChI is InChI=1S/C15H24N2O3S.CH4/c1-11(18)4-7-17-14(20)13(10-12(2)19)21-15(17)5-8-16(3)9-6-15;/h13H,4-10H2,1-3H3;1H4.